The molecule has 2 unspecified atom stereocenters. The summed E-state index contributed by atoms with van der Waals surface area (Å²) in [4.78, 5) is 26.2. The lowest BCUT2D eigenvalue weighted by Gasteiger charge is -2.39. The van der Waals surface area contributed by atoms with Gasteiger partial charge in [0.1, 0.15) is 6.29 Å². The summed E-state index contributed by atoms with van der Waals surface area (Å²) in [6.07, 6.45) is 0.948. The summed E-state index contributed by atoms with van der Waals surface area (Å²) in [6, 6.07) is 0.352. The summed E-state index contributed by atoms with van der Waals surface area (Å²) in [6.45, 7) is 8.68. The number of aldehydes is 1. The molecule has 0 N–H and O–H groups in total. The van der Waals surface area contributed by atoms with Crippen LogP contribution in [-0.4, -0.2) is 54.2 Å². The minimum atomic E-state index is 0.00780. The average molecular weight is 212 g/mol. The van der Waals surface area contributed by atoms with Crippen molar-refractivity contribution in [2.24, 2.45) is 5.92 Å². The summed E-state index contributed by atoms with van der Waals surface area (Å²) < 4.78 is 0. The fourth-order valence-corrected chi connectivity index (χ4v) is 1.93. The topological polar surface area (TPSA) is 40.6 Å². The Morgan fingerprint density at radius 2 is 2.27 bits per heavy atom. The molecule has 1 fully saturated rings. The largest absolute Gasteiger partial charge is 0.340 e. The van der Waals surface area contributed by atoms with Crippen LogP contribution in [0.25, 0.3) is 0 Å². The summed E-state index contributed by atoms with van der Waals surface area (Å²) >= 11 is 0. The smallest absolute Gasteiger partial charge is 0.236 e. The van der Waals surface area contributed by atoms with Gasteiger partial charge in [-0.2, -0.15) is 0 Å². The van der Waals surface area contributed by atoms with Crippen LogP contribution in [0.15, 0.2) is 0 Å². The third kappa shape index (κ3) is 3.02. The van der Waals surface area contributed by atoms with Crippen molar-refractivity contribution in [2.45, 2.75) is 26.8 Å². The van der Waals surface area contributed by atoms with E-state index in [1.54, 1.807) is 0 Å². The Morgan fingerprint density at radius 1 is 1.60 bits per heavy atom. The van der Waals surface area contributed by atoms with Crippen molar-refractivity contribution in [1.82, 2.24) is 9.80 Å². The molecular weight excluding hydrogens is 192 g/mol. The van der Waals surface area contributed by atoms with Crippen LogP contribution in [0.1, 0.15) is 20.8 Å². The van der Waals surface area contributed by atoms with E-state index in [0.29, 0.717) is 19.1 Å². The maximum Gasteiger partial charge on any atom is 0.236 e. The zero-order chi connectivity index (χ0) is 11.4. The van der Waals surface area contributed by atoms with Crippen molar-refractivity contribution in [3.05, 3.63) is 0 Å². The van der Waals surface area contributed by atoms with Gasteiger partial charge in [-0.05, 0) is 13.8 Å². The van der Waals surface area contributed by atoms with E-state index in [4.69, 9.17) is 0 Å². The molecule has 1 saturated heterocycles. The Kier molecular flexibility index (Phi) is 4.27. The van der Waals surface area contributed by atoms with Crippen molar-refractivity contribution in [1.29, 1.82) is 0 Å². The van der Waals surface area contributed by atoms with Gasteiger partial charge in [-0.1, -0.05) is 6.92 Å². The van der Waals surface area contributed by atoms with Gasteiger partial charge in [-0.25, -0.2) is 0 Å². The van der Waals surface area contributed by atoms with Crippen LogP contribution in [0.2, 0.25) is 0 Å². The summed E-state index contributed by atoms with van der Waals surface area (Å²) in [5.74, 6) is 0.183. The molecule has 0 spiro atoms. The molecule has 1 aliphatic rings. The Labute approximate surface area is 91.2 Å². The molecule has 0 bridgehead atoms. The number of rotatable bonds is 4. The van der Waals surface area contributed by atoms with Crippen LogP contribution >= 0.6 is 0 Å². The molecule has 0 saturated carbocycles. The highest BCUT2D eigenvalue weighted by Gasteiger charge is 2.28. The first-order valence-electron chi connectivity index (χ1n) is 5.55. The quantitative estimate of drug-likeness (QED) is 0.632. The monoisotopic (exact) mass is 212 g/mol. The number of carbonyl (C=O) groups is 2. The number of nitrogens with zero attached hydrogens (tertiary/aromatic N) is 2. The number of piperazine rings is 1. The molecule has 1 aliphatic heterocycles. The molecular formula is C11H20N2O2. The Morgan fingerprint density at radius 3 is 2.80 bits per heavy atom. The zero-order valence-corrected chi connectivity index (χ0v) is 9.77. The van der Waals surface area contributed by atoms with Crippen molar-refractivity contribution in [3.8, 4) is 0 Å². The van der Waals surface area contributed by atoms with Crippen LogP contribution < -0.4 is 0 Å². The van der Waals surface area contributed by atoms with Gasteiger partial charge in [0.05, 0.1) is 6.54 Å². The number of hydrogen-bond acceptors (Lipinski definition) is 3. The van der Waals surface area contributed by atoms with Gasteiger partial charge in [0.15, 0.2) is 0 Å². The molecule has 1 rings (SSSR count). The normalized spacial score (nSPS) is 25.4. The number of amides is 1. The molecule has 0 aromatic carbocycles. The molecule has 0 aliphatic carbocycles. The van der Waals surface area contributed by atoms with E-state index in [1.807, 2.05) is 18.7 Å². The summed E-state index contributed by atoms with van der Waals surface area (Å²) in [7, 11) is 0. The van der Waals surface area contributed by atoms with Crippen LogP contribution in [0.4, 0.5) is 0 Å². The minimum absolute atomic E-state index is 0.00780. The van der Waals surface area contributed by atoms with Gasteiger partial charge in [0.25, 0.3) is 0 Å². The fourth-order valence-electron chi connectivity index (χ4n) is 1.93. The van der Waals surface area contributed by atoms with Crippen LogP contribution in [0.5, 0.6) is 0 Å². The maximum absolute atomic E-state index is 11.6. The summed E-state index contributed by atoms with van der Waals surface area (Å²) in [5.41, 5.74) is 0. The van der Waals surface area contributed by atoms with E-state index in [9.17, 15) is 9.59 Å². The highest BCUT2D eigenvalue weighted by atomic mass is 16.2. The molecule has 2 atom stereocenters. The van der Waals surface area contributed by atoms with E-state index >= 15 is 0 Å². The molecule has 4 nitrogen and oxygen atoms in total. The number of likely N-dealkylation sites (N-methyl/N-ethyl adjacent to an activating group) is 1. The SMILES string of the molecule is CCN1CC(C)N(CC(C)C=O)CC1=O. The van der Waals surface area contributed by atoms with Gasteiger partial charge in [-0.3, -0.25) is 9.69 Å². The predicted octanol–water partition coefficient (Wildman–Crippen LogP) is 0.374. The standard InChI is InChI=1S/C11H20N2O2/c1-4-12-6-10(3)13(7-11(12)15)5-9(2)8-14/h8-10H,4-7H2,1-3H3. The third-order valence-corrected chi connectivity index (χ3v) is 2.94. The lowest BCUT2D eigenvalue weighted by Crippen LogP contribution is -2.55. The van der Waals surface area contributed by atoms with E-state index in [2.05, 4.69) is 11.8 Å². The first-order valence-corrected chi connectivity index (χ1v) is 5.55. The summed E-state index contributed by atoms with van der Waals surface area (Å²) in [5, 5.41) is 0. The molecule has 4 heteroatoms. The first kappa shape index (κ1) is 12.2. The predicted molar refractivity (Wildman–Crippen MR) is 58.5 cm³/mol. The Balaban J connectivity index is 2.54. The molecule has 0 aromatic rings. The Bertz CT molecular complexity index is 243. The lowest BCUT2D eigenvalue weighted by molar-refractivity contribution is -0.138. The van der Waals surface area contributed by atoms with Gasteiger partial charge >= 0.3 is 0 Å². The van der Waals surface area contributed by atoms with Crippen molar-refractivity contribution < 1.29 is 9.59 Å². The van der Waals surface area contributed by atoms with Gasteiger partial charge < -0.3 is 9.69 Å². The maximum atomic E-state index is 11.6. The first-order chi connectivity index (χ1) is 7.08. The van der Waals surface area contributed by atoms with Crippen LogP contribution in [-0.2, 0) is 9.59 Å². The van der Waals surface area contributed by atoms with Crippen LogP contribution in [0, 0.1) is 5.92 Å². The highest BCUT2D eigenvalue weighted by molar-refractivity contribution is 5.79. The second-order valence-electron chi connectivity index (χ2n) is 4.32. The average Bonchev–Trinajstić information content (AvgIpc) is 2.22. The van der Waals surface area contributed by atoms with E-state index in [0.717, 1.165) is 19.4 Å². The third-order valence-electron chi connectivity index (χ3n) is 2.94. The molecule has 86 valence electrons. The lowest BCUT2D eigenvalue weighted by atomic mass is 10.1. The number of carbonyl (C=O) groups excluding carboxylic acids is 2. The number of hydrogen-bond donors (Lipinski definition) is 0. The van der Waals surface area contributed by atoms with Gasteiger partial charge in [0, 0.05) is 31.6 Å². The minimum Gasteiger partial charge on any atom is -0.340 e. The van der Waals surface area contributed by atoms with E-state index < -0.39 is 0 Å². The molecule has 15 heavy (non-hydrogen) atoms. The van der Waals surface area contributed by atoms with Gasteiger partial charge in [-0.15, -0.1) is 0 Å². The fraction of sp³-hybridized carbons (Fsp3) is 0.818. The van der Waals surface area contributed by atoms with Crippen molar-refractivity contribution in [2.75, 3.05) is 26.2 Å². The van der Waals surface area contributed by atoms with E-state index in [-0.39, 0.29) is 11.8 Å². The highest BCUT2D eigenvalue weighted by Crippen LogP contribution is 2.11. The van der Waals surface area contributed by atoms with Crippen molar-refractivity contribution in [3.63, 3.8) is 0 Å². The van der Waals surface area contributed by atoms with Crippen LogP contribution in [0.3, 0.4) is 0 Å². The molecule has 1 amide bonds. The second-order valence-corrected chi connectivity index (χ2v) is 4.32. The zero-order valence-electron chi connectivity index (χ0n) is 9.77. The van der Waals surface area contributed by atoms with E-state index in [1.165, 1.54) is 0 Å². The Hall–Kier alpha value is -0.900. The second kappa shape index (κ2) is 5.26. The molecule has 0 aromatic heterocycles. The van der Waals surface area contributed by atoms with Gasteiger partial charge in [0.2, 0.25) is 5.91 Å². The molecule has 1 heterocycles. The van der Waals surface area contributed by atoms with Crippen molar-refractivity contribution >= 4 is 12.2 Å². The molecule has 0 radical (unpaired) electrons.